The third-order valence-corrected chi connectivity index (χ3v) is 3.12. The van der Waals surface area contributed by atoms with Crippen molar-refractivity contribution in [1.29, 1.82) is 0 Å². The van der Waals surface area contributed by atoms with Gasteiger partial charge in [-0.05, 0) is 30.0 Å². The van der Waals surface area contributed by atoms with Crippen molar-refractivity contribution < 1.29 is 0 Å². The smallest absolute Gasteiger partial charge is 0.00123 e. The minimum absolute atomic E-state index is 1.09. The van der Waals surface area contributed by atoms with Crippen molar-refractivity contribution in [3.63, 3.8) is 0 Å². The average Bonchev–Trinajstić information content (AvgIpc) is 2.49. The molecule has 0 aliphatic carbocycles. The molecule has 96 valence electrons. The molecular formula is C19H20. The molecule has 0 saturated heterocycles. The number of unbranched alkanes of at least 4 members (excludes halogenated alkanes) is 1. The first-order valence-electron chi connectivity index (χ1n) is 6.96. The Kier molecular flexibility index (Phi) is 5.22. The molecule has 0 heterocycles. The molecule has 0 nitrogen and oxygen atoms in total. The summed E-state index contributed by atoms with van der Waals surface area (Å²) in [6.07, 6.45) is 5.59. The number of allylic oxidation sites excluding steroid dienone is 1. The summed E-state index contributed by atoms with van der Waals surface area (Å²) in [6, 6.07) is 20.9. The van der Waals surface area contributed by atoms with Gasteiger partial charge in [-0.1, -0.05) is 74.0 Å². The Labute approximate surface area is 116 Å². The molecule has 0 radical (unpaired) electrons. The lowest BCUT2D eigenvalue weighted by Crippen LogP contribution is -1.83. The molecule has 0 fully saturated rings. The monoisotopic (exact) mass is 248 g/mol. The third kappa shape index (κ3) is 4.28. The molecular weight excluding hydrogens is 228 g/mol. The van der Waals surface area contributed by atoms with Crippen LogP contribution in [0.3, 0.4) is 0 Å². The van der Waals surface area contributed by atoms with Crippen LogP contribution in [0.15, 0.2) is 66.4 Å². The van der Waals surface area contributed by atoms with E-state index >= 15 is 0 Å². The van der Waals surface area contributed by atoms with Gasteiger partial charge in [-0.15, -0.1) is 5.73 Å². The largest absolute Gasteiger partial charge is 0.116 e. The van der Waals surface area contributed by atoms with Crippen molar-refractivity contribution >= 4 is 11.6 Å². The fraction of sp³-hybridized carbons (Fsp3) is 0.211. The van der Waals surface area contributed by atoms with Crippen molar-refractivity contribution in [3.05, 3.63) is 77.5 Å². The zero-order valence-electron chi connectivity index (χ0n) is 11.5. The molecule has 0 aromatic heterocycles. The van der Waals surface area contributed by atoms with Crippen molar-refractivity contribution in [2.75, 3.05) is 0 Å². The van der Waals surface area contributed by atoms with Crippen LogP contribution in [0.5, 0.6) is 0 Å². The van der Waals surface area contributed by atoms with E-state index in [-0.39, 0.29) is 0 Å². The summed E-state index contributed by atoms with van der Waals surface area (Å²) < 4.78 is 0. The van der Waals surface area contributed by atoms with Crippen LogP contribution in [-0.4, -0.2) is 0 Å². The second-order valence-electron chi connectivity index (χ2n) is 4.65. The standard InChI is InChI=1S/C19H20/c1-2-3-12-19(18-13-8-5-9-14-18)16-15-17-10-6-4-7-11-17/h4-11,13-15H,2-3,12H2,1H3. The molecule has 0 aliphatic heterocycles. The van der Waals surface area contributed by atoms with Gasteiger partial charge < -0.3 is 0 Å². The van der Waals surface area contributed by atoms with Crippen molar-refractivity contribution in [2.24, 2.45) is 0 Å². The van der Waals surface area contributed by atoms with Crippen LogP contribution >= 0.6 is 0 Å². The van der Waals surface area contributed by atoms with Gasteiger partial charge in [-0.2, -0.15) is 0 Å². The molecule has 0 bridgehead atoms. The SMILES string of the molecule is CCCCC(=C=Cc1ccccc1)c1ccccc1. The molecule has 0 atom stereocenters. The van der Waals surface area contributed by atoms with Crippen LogP contribution in [0, 0.1) is 0 Å². The quantitative estimate of drug-likeness (QED) is 0.606. The lowest BCUT2D eigenvalue weighted by Gasteiger charge is -2.03. The Bertz CT molecular complexity index is 543. The second kappa shape index (κ2) is 7.41. The number of hydrogen-bond donors (Lipinski definition) is 0. The molecule has 2 rings (SSSR count). The molecule has 0 spiro atoms. The summed E-state index contributed by atoms with van der Waals surface area (Å²) in [5.41, 5.74) is 7.26. The Morgan fingerprint density at radius 3 is 2.21 bits per heavy atom. The number of rotatable bonds is 5. The summed E-state index contributed by atoms with van der Waals surface area (Å²) in [5.74, 6) is 0. The van der Waals surface area contributed by atoms with Crippen LogP contribution < -0.4 is 0 Å². The molecule has 0 amide bonds. The first-order chi connectivity index (χ1) is 9.40. The Balaban J connectivity index is 2.30. The van der Waals surface area contributed by atoms with Gasteiger partial charge in [-0.25, -0.2) is 0 Å². The minimum Gasteiger partial charge on any atom is -0.116 e. The predicted molar refractivity (Wildman–Crippen MR) is 83.8 cm³/mol. The van der Waals surface area contributed by atoms with E-state index < -0.39 is 0 Å². The van der Waals surface area contributed by atoms with Gasteiger partial charge in [-0.3, -0.25) is 0 Å². The van der Waals surface area contributed by atoms with E-state index in [4.69, 9.17) is 0 Å². The Hall–Kier alpha value is -2.04. The van der Waals surface area contributed by atoms with Gasteiger partial charge in [0.15, 0.2) is 0 Å². The first-order valence-corrected chi connectivity index (χ1v) is 6.96. The van der Waals surface area contributed by atoms with Crippen LogP contribution in [0.2, 0.25) is 0 Å². The zero-order valence-corrected chi connectivity index (χ0v) is 11.5. The first kappa shape index (κ1) is 13.4. The average molecular weight is 248 g/mol. The number of hydrogen-bond acceptors (Lipinski definition) is 0. The highest BCUT2D eigenvalue weighted by Gasteiger charge is 1.99. The molecule has 2 aromatic carbocycles. The van der Waals surface area contributed by atoms with Crippen molar-refractivity contribution in [3.8, 4) is 0 Å². The molecule has 0 unspecified atom stereocenters. The van der Waals surface area contributed by atoms with Crippen LogP contribution in [0.25, 0.3) is 11.6 Å². The molecule has 0 aliphatic rings. The molecule has 0 N–H and O–H groups in total. The maximum Gasteiger partial charge on any atom is 0.00123 e. The van der Waals surface area contributed by atoms with Gasteiger partial charge in [0.1, 0.15) is 0 Å². The van der Waals surface area contributed by atoms with E-state index in [1.165, 1.54) is 29.5 Å². The summed E-state index contributed by atoms with van der Waals surface area (Å²) in [6.45, 7) is 2.23. The van der Waals surface area contributed by atoms with E-state index in [9.17, 15) is 0 Å². The van der Waals surface area contributed by atoms with Crippen LogP contribution in [0.1, 0.15) is 37.3 Å². The number of benzene rings is 2. The summed E-state index contributed by atoms with van der Waals surface area (Å²) >= 11 is 0. The van der Waals surface area contributed by atoms with E-state index in [0.717, 1.165) is 6.42 Å². The van der Waals surface area contributed by atoms with Crippen LogP contribution in [-0.2, 0) is 0 Å². The molecule has 19 heavy (non-hydrogen) atoms. The van der Waals surface area contributed by atoms with E-state index in [2.05, 4.69) is 73.3 Å². The van der Waals surface area contributed by atoms with E-state index in [1.807, 2.05) is 6.07 Å². The van der Waals surface area contributed by atoms with Crippen molar-refractivity contribution in [2.45, 2.75) is 26.2 Å². The molecule has 0 saturated carbocycles. The minimum atomic E-state index is 1.09. The maximum absolute atomic E-state index is 3.48. The fourth-order valence-electron chi connectivity index (χ4n) is 2.01. The predicted octanol–water partition coefficient (Wildman–Crippen LogP) is 5.57. The lowest BCUT2D eigenvalue weighted by atomic mass is 10.0. The van der Waals surface area contributed by atoms with Gasteiger partial charge >= 0.3 is 0 Å². The van der Waals surface area contributed by atoms with Gasteiger partial charge in [0, 0.05) is 5.57 Å². The fourth-order valence-corrected chi connectivity index (χ4v) is 2.01. The normalized spacial score (nSPS) is 9.74. The van der Waals surface area contributed by atoms with E-state index in [1.54, 1.807) is 0 Å². The van der Waals surface area contributed by atoms with Gasteiger partial charge in [0.25, 0.3) is 0 Å². The lowest BCUT2D eigenvalue weighted by molar-refractivity contribution is 0.825. The highest BCUT2D eigenvalue weighted by Crippen LogP contribution is 2.19. The maximum atomic E-state index is 3.48. The molecule has 2 aromatic rings. The second-order valence-corrected chi connectivity index (χ2v) is 4.65. The summed E-state index contributed by atoms with van der Waals surface area (Å²) in [5, 5.41) is 0. The van der Waals surface area contributed by atoms with Gasteiger partial charge in [0.05, 0.1) is 0 Å². The van der Waals surface area contributed by atoms with Crippen LogP contribution in [0.4, 0.5) is 0 Å². The third-order valence-electron chi connectivity index (χ3n) is 3.12. The topological polar surface area (TPSA) is 0 Å². The molecule has 0 heteroatoms. The van der Waals surface area contributed by atoms with Gasteiger partial charge in [0.2, 0.25) is 0 Å². The highest BCUT2D eigenvalue weighted by atomic mass is 14.0. The summed E-state index contributed by atoms with van der Waals surface area (Å²) in [7, 11) is 0. The van der Waals surface area contributed by atoms with Crippen molar-refractivity contribution in [1.82, 2.24) is 0 Å². The van der Waals surface area contributed by atoms with E-state index in [0.29, 0.717) is 0 Å². The highest BCUT2D eigenvalue weighted by molar-refractivity contribution is 5.68. The summed E-state index contributed by atoms with van der Waals surface area (Å²) in [4.78, 5) is 0. The Morgan fingerprint density at radius 1 is 0.947 bits per heavy atom. The zero-order chi connectivity index (χ0) is 13.3. The Morgan fingerprint density at radius 2 is 1.58 bits per heavy atom.